The topological polar surface area (TPSA) is 108 Å². The van der Waals surface area contributed by atoms with Crippen LogP contribution in [0.25, 0.3) is 11.2 Å². The van der Waals surface area contributed by atoms with Gasteiger partial charge in [0.15, 0.2) is 5.65 Å². The second-order valence-electron chi connectivity index (χ2n) is 6.56. The van der Waals surface area contributed by atoms with Gasteiger partial charge in [-0.25, -0.2) is 14.6 Å². The largest absolute Gasteiger partial charge is 0.478 e. The van der Waals surface area contributed by atoms with Gasteiger partial charge in [-0.2, -0.15) is 0 Å². The van der Waals surface area contributed by atoms with Gasteiger partial charge in [0.25, 0.3) is 0 Å². The number of nitrogens with zero attached hydrogens (tertiary/aromatic N) is 4. The van der Waals surface area contributed by atoms with E-state index >= 15 is 0 Å². The Hall–Kier alpha value is -3.04. The Labute approximate surface area is 160 Å². The number of carboxylic acid groups (broad SMARTS) is 1. The Balaban J connectivity index is 1.72. The number of ether oxygens (including phenoxy) is 2. The number of rotatable bonds is 6. The molecular weight excluding hydrogens is 364 g/mol. The van der Waals surface area contributed by atoms with Crippen LogP contribution in [0.2, 0.25) is 0 Å². The van der Waals surface area contributed by atoms with Gasteiger partial charge in [-0.05, 0) is 18.2 Å². The van der Waals surface area contributed by atoms with Gasteiger partial charge in [-0.3, -0.25) is 14.1 Å². The summed E-state index contributed by atoms with van der Waals surface area (Å²) in [4.78, 5) is 33.0. The predicted molar refractivity (Wildman–Crippen MR) is 99.5 cm³/mol. The summed E-state index contributed by atoms with van der Waals surface area (Å²) in [6, 6.07) is 7.11. The van der Waals surface area contributed by atoms with Gasteiger partial charge >= 0.3 is 11.7 Å². The number of aryl methyl sites for hydroxylation is 2. The highest BCUT2D eigenvalue weighted by Crippen LogP contribution is 2.16. The third-order valence-electron chi connectivity index (χ3n) is 4.69. The number of carboxylic acids is 1. The second kappa shape index (κ2) is 7.91. The average Bonchev–Trinajstić information content (AvgIpc) is 2.98. The maximum Gasteiger partial charge on any atom is 0.337 e. The van der Waals surface area contributed by atoms with Crippen molar-refractivity contribution in [2.24, 2.45) is 0 Å². The lowest BCUT2D eigenvalue weighted by Crippen LogP contribution is -2.36. The summed E-state index contributed by atoms with van der Waals surface area (Å²) in [5, 5.41) is 9.30. The molecule has 9 nitrogen and oxygen atoms in total. The van der Waals surface area contributed by atoms with E-state index in [1.165, 1.54) is 16.8 Å². The predicted octanol–water partition coefficient (Wildman–Crippen LogP) is 0.949. The SMILES string of the molecule is O=C(O)c1cnc2c(c1)n(C[C@H]1COCCO1)c(=O)n2CCc1ccccn1. The fourth-order valence-electron chi connectivity index (χ4n) is 3.30. The Bertz CT molecular complexity index is 1040. The number of pyridine rings is 2. The zero-order valence-electron chi connectivity index (χ0n) is 15.2. The molecule has 4 heterocycles. The third kappa shape index (κ3) is 3.67. The minimum absolute atomic E-state index is 0.0314. The van der Waals surface area contributed by atoms with E-state index in [4.69, 9.17) is 9.47 Å². The van der Waals surface area contributed by atoms with Crippen molar-refractivity contribution in [2.45, 2.75) is 25.6 Å². The molecule has 146 valence electrons. The minimum Gasteiger partial charge on any atom is -0.478 e. The van der Waals surface area contributed by atoms with Crippen LogP contribution in [-0.4, -0.2) is 56.1 Å². The van der Waals surface area contributed by atoms with E-state index in [2.05, 4.69) is 9.97 Å². The standard InChI is InChI=1S/C19H20N4O5/c24-18(25)13-9-16-17(21-10-13)22(6-4-14-3-1-2-5-20-14)19(26)23(16)11-15-12-27-7-8-28-15/h1-3,5,9-10,15H,4,6-8,11-12H2,(H,24,25)/t15-/m0/s1. The zero-order chi connectivity index (χ0) is 19.5. The smallest absolute Gasteiger partial charge is 0.337 e. The van der Waals surface area contributed by atoms with Crippen molar-refractivity contribution in [1.29, 1.82) is 0 Å². The van der Waals surface area contributed by atoms with Crippen LogP contribution in [-0.2, 0) is 29.0 Å². The summed E-state index contributed by atoms with van der Waals surface area (Å²) in [6.07, 6.45) is 3.27. The van der Waals surface area contributed by atoms with Gasteiger partial charge in [0.05, 0.1) is 43.5 Å². The second-order valence-corrected chi connectivity index (χ2v) is 6.56. The molecule has 3 aromatic rings. The van der Waals surface area contributed by atoms with Crippen LogP contribution in [0.5, 0.6) is 0 Å². The van der Waals surface area contributed by atoms with Crippen molar-refractivity contribution >= 4 is 17.1 Å². The lowest BCUT2D eigenvalue weighted by atomic mass is 10.2. The van der Waals surface area contributed by atoms with Crippen LogP contribution in [0.1, 0.15) is 16.1 Å². The first-order chi connectivity index (χ1) is 13.6. The molecule has 0 aliphatic carbocycles. The number of imidazole rings is 1. The fraction of sp³-hybridized carbons (Fsp3) is 0.368. The molecule has 3 aromatic heterocycles. The van der Waals surface area contributed by atoms with E-state index in [0.717, 1.165) is 5.69 Å². The monoisotopic (exact) mass is 384 g/mol. The van der Waals surface area contributed by atoms with Crippen molar-refractivity contribution in [3.8, 4) is 0 Å². The van der Waals surface area contributed by atoms with Crippen LogP contribution in [0, 0.1) is 0 Å². The van der Waals surface area contributed by atoms with E-state index in [-0.39, 0.29) is 23.9 Å². The molecule has 1 N–H and O–H groups in total. The number of hydrogen-bond acceptors (Lipinski definition) is 6. The van der Waals surface area contributed by atoms with Crippen molar-refractivity contribution in [3.63, 3.8) is 0 Å². The maximum absolute atomic E-state index is 13.1. The molecule has 28 heavy (non-hydrogen) atoms. The molecule has 1 fully saturated rings. The number of hydrogen-bond donors (Lipinski definition) is 1. The van der Waals surface area contributed by atoms with Crippen molar-refractivity contribution < 1.29 is 19.4 Å². The highest BCUT2D eigenvalue weighted by molar-refractivity contribution is 5.90. The molecule has 1 saturated heterocycles. The molecule has 0 bridgehead atoms. The molecule has 4 rings (SSSR count). The molecule has 1 aliphatic heterocycles. The number of fused-ring (bicyclic) bond motifs is 1. The van der Waals surface area contributed by atoms with E-state index in [1.807, 2.05) is 18.2 Å². The molecule has 0 spiro atoms. The van der Waals surface area contributed by atoms with Crippen LogP contribution in [0.4, 0.5) is 0 Å². The van der Waals surface area contributed by atoms with Crippen LogP contribution in [0.3, 0.4) is 0 Å². The molecule has 1 atom stereocenters. The highest BCUT2D eigenvalue weighted by Gasteiger charge is 2.21. The summed E-state index contributed by atoms with van der Waals surface area (Å²) in [5.41, 5.74) is 1.56. The van der Waals surface area contributed by atoms with E-state index in [9.17, 15) is 14.7 Å². The molecule has 0 unspecified atom stereocenters. The molecular formula is C19H20N4O5. The first kappa shape index (κ1) is 18.3. The van der Waals surface area contributed by atoms with Gasteiger partial charge in [-0.1, -0.05) is 6.07 Å². The Morgan fingerprint density at radius 2 is 2.14 bits per heavy atom. The van der Waals surface area contributed by atoms with Gasteiger partial charge < -0.3 is 14.6 Å². The molecule has 0 amide bonds. The summed E-state index contributed by atoms with van der Waals surface area (Å²) >= 11 is 0. The van der Waals surface area contributed by atoms with Crippen LogP contribution >= 0.6 is 0 Å². The molecule has 0 saturated carbocycles. The Kier molecular flexibility index (Phi) is 5.18. The van der Waals surface area contributed by atoms with Crippen LogP contribution < -0.4 is 5.69 Å². The quantitative estimate of drug-likeness (QED) is 0.674. The van der Waals surface area contributed by atoms with Crippen molar-refractivity contribution in [1.82, 2.24) is 19.1 Å². The average molecular weight is 384 g/mol. The Morgan fingerprint density at radius 3 is 2.86 bits per heavy atom. The van der Waals surface area contributed by atoms with Gasteiger partial charge in [0.1, 0.15) is 0 Å². The Morgan fingerprint density at radius 1 is 1.25 bits per heavy atom. The first-order valence-corrected chi connectivity index (χ1v) is 9.05. The first-order valence-electron chi connectivity index (χ1n) is 9.05. The lowest BCUT2D eigenvalue weighted by Gasteiger charge is -2.23. The van der Waals surface area contributed by atoms with E-state index in [1.54, 1.807) is 10.8 Å². The van der Waals surface area contributed by atoms with Crippen LogP contribution in [0.15, 0.2) is 41.5 Å². The number of aromatic carboxylic acids is 1. The van der Waals surface area contributed by atoms with Crippen molar-refractivity contribution in [3.05, 3.63) is 58.4 Å². The lowest BCUT2D eigenvalue weighted by molar-refractivity contribution is -0.0935. The normalized spacial score (nSPS) is 17.1. The van der Waals surface area contributed by atoms with E-state index in [0.29, 0.717) is 44.0 Å². The van der Waals surface area contributed by atoms with E-state index < -0.39 is 5.97 Å². The van der Waals surface area contributed by atoms with Crippen molar-refractivity contribution in [2.75, 3.05) is 19.8 Å². The van der Waals surface area contributed by atoms with Gasteiger partial charge in [0, 0.05) is 31.1 Å². The fourth-order valence-corrected chi connectivity index (χ4v) is 3.30. The molecule has 9 heteroatoms. The third-order valence-corrected chi connectivity index (χ3v) is 4.69. The summed E-state index contributed by atoms with van der Waals surface area (Å²) in [5.74, 6) is -1.09. The molecule has 0 radical (unpaired) electrons. The minimum atomic E-state index is -1.09. The zero-order valence-corrected chi connectivity index (χ0v) is 15.2. The highest BCUT2D eigenvalue weighted by atomic mass is 16.6. The summed E-state index contributed by atoms with van der Waals surface area (Å²) in [7, 11) is 0. The molecule has 1 aliphatic rings. The number of aromatic nitrogens is 4. The number of carbonyl (C=O) groups is 1. The molecule has 0 aromatic carbocycles. The van der Waals surface area contributed by atoms with Gasteiger partial charge in [0.2, 0.25) is 0 Å². The van der Waals surface area contributed by atoms with Gasteiger partial charge in [-0.15, -0.1) is 0 Å². The summed E-state index contributed by atoms with van der Waals surface area (Å²) in [6.45, 7) is 2.05. The summed E-state index contributed by atoms with van der Waals surface area (Å²) < 4.78 is 14.2. The maximum atomic E-state index is 13.1.